The number of nitrogens with zero attached hydrogens (tertiary/aromatic N) is 4. The third-order valence-corrected chi connectivity index (χ3v) is 2.73. The summed E-state index contributed by atoms with van der Waals surface area (Å²) in [5, 5.41) is 19.4. The first kappa shape index (κ1) is 12.9. The SMILES string of the molecule is N#Cc1ccnc(Oc2cc([N+](=O)[O-])ccc2Br)n1. The Balaban J connectivity index is 2.34. The molecule has 0 unspecified atom stereocenters. The van der Waals surface area contributed by atoms with E-state index in [0.717, 1.165) is 0 Å². The van der Waals surface area contributed by atoms with Crippen molar-refractivity contribution in [1.82, 2.24) is 9.97 Å². The van der Waals surface area contributed by atoms with Crippen LogP contribution in [0.25, 0.3) is 0 Å². The van der Waals surface area contributed by atoms with Gasteiger partial charge < -0.3 is 4.74 Å². The smallest absolute Gasteiger partial charge is 0.323 e. The molecule has 19 heavy (non-hydrogen) atoms. The predicted molar refractivity (Wildman–Crippen MR) is 67.6 cm³/mol. The van der Waals surface area contributed by atoms with Gasteiger partial charge >= 0.3 is 6.01 Å². The summed E-state index contributed by atoms with van der Waals surface area (Å²) >= 11 is 3.20. The molecule has 0 aliphatic rings. The Morgan fingerprint density at radius 3 is 2.89 bits per heavy atom. The molecule has 7 nitrogen and oxygen atoms in total. The second-order valence-corrected chi connectivity index (χ2v) is 4.16. The third kappa shape index (κ3) is 3.02. The zero-order chi connectivity index (χ0) is 13.8. The van der Waals surface area contributed by atoms with Crippen LogP contribution in [0.2, 0.25) is 0 Å². The van der Waals surface area contributed by atoms with Crippen molar-refractivity contribution in [3.8, 4) is 17.8 Å². The van der Waals surface area contributed by atoms with Gasteiger partial charge in [-0.3, -0.25) is 10.1 Å². The van der Waals surface area contributed by atoms with Crippen LogP contribution in [0.5, 0.6) is 11.8 Å². The molecule has 1 aromatic heterocycles. The van der Waals surface area contributed by atoms with Gasteiger partial charge in [-0.1, -0.05) is 0 Å². The number of aromatic nitrogens is 2. The monoisotopic (exact) mass is 320 g/mol. The second-order valence-electron chi connectivity index (χ2n) is 3.31. The van der Waals surface area contributed by atoms with E-state index in [0.29, 0.717) is 4.47 Å². The average molecular weight is 321 g/mol. The number of benzene rings is 1. The third-order valence-electron chi connectivity index (χ3n) is 2.07. The zero-order valence-electron chi connectivity index (χ0n) is 9.28. The molecule has 2 aromatic rings. The Labute approximate surface area is 115 Å². The van der Waals surface area contributed by atoms with E-state index in [-0.39, 0.29) is 23.1 Å². The fourth-order valence-corrected chi connectivity index (χ4v) is 1.56. The summed E-state index contributed by atoms with van der Waals surface area (Å²) in [6.07, 6.45) is 1.37. The van der Waals surface area contributed by atoms with Gasteiger partial charge in [0.05, 0.1) is 15.5 Å². The van der Waals surface area contributed by atoms with Crippen molar-refractivity contribution in [2.24, 2.45) is 0 Å². The molecule has 8 heteroatoms. The molecule has 0 saturated heterocycles. The molecule has 0 bridgehead atoms. The highest BCUT2D eigenvalue weighted by molar-refractivity contribution is 9.10. The van der Waals surface area contributed by atoms with E-state index in [4.69, 9.17) is 10.00 Å². The summed E-state index contributed by atoms with van der Waals surface area (Å²) in [7, 11) is 0. The quantitative estimate of drug-likeness (QED) is 0.636. The maximum Gasteiger partial charge on any atom is 0.323 e. The van der Waals surface area contributed by atoms with Crippen molar-refractivity contribution in [3.05, 3.63) is 50.7 Å². The van der Waals surface area contributed by atoms with Gasteiger partial charge in [-0.15, -0.1) is 0 Å². The minimum absolute atomic E-state index is 0.0553. The van der Waals surface area contributed by atoms with Crippen molar-refractivity contribution in [1.29, 1.82) is 5.26 Å². The van der Waals surface area contributed by atoms with E-state index in [1.54, 1.807) is 0 Å². The predicted octanol–water partition coefficient (Wildman–Crippen LogP) is 2.81. The highest BCUT2D eigenvalue weighted by atomic mass is 79.9. The summed E-state index contributed by atoms with van der Waals surface area (Å²) in [5.74, 6) is 0.198. The van der Waals surface area contributed by atoms with Gasteiger partial charge in [-0.2, -0.15) is 10.2 Å². The number of ether oxygens (including phenoxy) is 1. The Morgan fingerprint density at radius 1 is 1.42 bits per heavy atom. The number of rotatable bonds is 3. The van der Waals surface area contributed by atoms with Crippen LogP contribution in [-0.4, -0.2) is 14.9 Å². The van der Waals surface area contributed by atoms with Gasteiger partial charge in [-0.25, -0.2) is 4.98 Å². The summed E-state index contributed by atoms with van der Waals surface area (Å²) < 4.78 is 5.84. The molecule has 0 saturated carbocycles. The molecule has 0 amide bonds. The van der Waals surface area contributed by atoms with Gasteiger partial charge in [-0.05, 0) is 28.1 Å². The van der Waals surface area contributed by atoms with Gasteiger partial charge in [0.1, 0.15) is 11.8 Å². The molecular formula is C11H5BrN4O3. The topological polar surface area (TPSA) is 102 Å². The molecule has 0 aliphatic carbocycles. The number of hydrogen-bond donors (Lipinski definition) is 0. The van der Waals surface area contributed by atoms with Crippen LogP contribution in [-0.2, 0) is 0 Å². The lowest BCUT2D eigenvalue weighted by molar-refractivity contribution is -0.384. The second kappa shape index (κ2) is 5.41. The normalized spacial score (nSPS) is 9.68. The summed E-state index contributed by atoms with van der Waals surface area (Å²) in [4.78, 5) is 17.8. The highest BCUT2D eigenvalue weighted by Crippen LogP contribution is 2.31. The first-order valence-electron chi connectivity index (χ1n) is 4.95. The van der Waals surface area contributed by atoms with Crippen LogP contribution in [0, 0.1) is 21.4 Å². The van der Waals surface area contributed by atoms with Crippen LogP contribution in [0.15, 0.2) is 34.9 Å². The van der Waals surface area contributed by atoms with E-state index in [1.165, 1.54) is 30.5 Å². The van der Waals surface area contributed by atoms with Gasteiger partial charge in [0.15, 0.2) is 5.75 Å². The molecule has 0 aliphatic heterocycles. The Morgan fingerprint density at radius 2 is 2.21 bits per heavy atom. The lowest BCUT2D eigenvalue weighted by atomic mass is 10.3. The van der Waals surface area contributed by atoms with Crippen molar-refractivity contribution in [2.45, 2.75) is 0 Å². The molecule has 0 radical (unpaired) electrons. The van der Waals surface area contributed by atoms with Gasteiger partial charge in [0, 0.05) is 12.3 Å². The van der Waals surface area contributed by atoms with Gasteiger partial charge in [0.2, 0.25) is 0 Å². The van der Waals surface area contributed by atoms with Crippen LogP contribution >= 0.6 is 15.9 Å². The lowest BCUT2D eigenvalue weighted by Crippen LogP contribution is -1.95. The maximum absolute atomic E-state index is 10.7. The van der Waals surface area contributed by atoms with Crippen molar-refractivity contribution >= 4 is 21.6 Å². The Bertz CT molecular complexity index is 684. The van der Waals surface area contributed by atoms with E-state index >= 15 is 0 Å². The van der Waals surface area contributed by atoms with Crippen molar-refractivity contribution in [3.63, 3.8) is 0 Å². The lowest BCUT2D eigenvalue weighted by Gasteiger charge is -2.05. The fourth-order valence-electron chi connectivity index (χ4n) is 1.23. The molecule has 1 aromatic carbocycles. The molecule has 0 atom stereocenters. The first-order valence-corrected chi connectivity index (χ1v) is 5.74. The number of hydrogen-bond acceptors (Lipinski definition) is 6. The van der Waals surface area contributed by atoms with E-state index in [2.05, 4.69) is 25.9 Å². The largest absolute Gasteiger partial charge is 0.423 e. The molecule has 94 valence electrons. The fraction of sp³-hybridized carbons (Fsp3) is 0. The molecular weight excluding hydrogens is 316 g/mol. The number of halogens is 1. The molecule has 2 rings (SSSR count). The van der Waals surface area contributed by atoms with Crippen LogP contribution < -0.4 is 4.74 Å². The maximum atomic E-state index is 10.7. The summed E-state index contributed by atoms with van der Waals surface area (Å²) in [5.41, 5.74) is 0.0289. The van der Waals surface area contributed by atoms with Crippen LogP contribution in [0.1, 0.15) is 5.69 Å². The zero-order valence-corrected chi connectivity index (χ0v) is 10.9. The average Bonchev–Trinajstić information content (AvgIpc) is 2.41. The summed E-state index contributed by atoms with van der Waals surface area (Å²) in [6, 6.07) is 7.28. The van der Waals surface area contributed by atoms with Crippen LogP contribution in [0.4, 0.5) is 5.69 Å². The minimum atomic E-state index is -0.536. The minimum Gasteiger partial charge on any atom is -0.423 e. The molecule has 0 N–H and O–H groups in total. The Hall–Kier alpha value is -2.53. The summed E-state index contributed by atoms with van der Waals surface area (Å²) in [6.45, 7) is 0. The molecule has 0 spiro atoms. The number of nitro groups is 1. The Kier molecular flexibility index (Phi) is 3.68. The van der Waals surface area contributed by atoms with Crippen molar-refractivity contribution in [2.75, 3.05) is 0 Å². The van der Waals surface area contributed by atoms with E-state index in [1.807, 2.05) is 6.07 Å². The highest BCUT2D eigenvalue weighted by Gasteiger charge is 2.12. The van der Waals surface area contributed by atoms with E-state index < -0.39 is 4.92 Å². The van der Waals surface area contributed by atoms with E-state index in [9.17, 15) is 10.1 Å². The molecule has 0 fully saturated rings. The van der Waals surface area contributed by atoms with Crippen LogP contribution in [0.3, 0.4) is 0 Å². The number of nitro benzene ring substituents is 1. The van der Waals surface area contributed by atoms with Crippen molar-refractivity contribution < 1.29 is 9.66 Å². The number of non-ortho nitro benzene ring substituents is 1. The first-order chi connectivity index (χ1) is 9.10. The molecule has 1 heterocycles. The van der Waals surface area contributed by atoms with Gasteiger partial charge in [0.25, 0.3) is 5.69 Å². The standard InChI is InChI=1S/C11H5BrN4O3/c12-9-2-1-8(16(17)18)5-10(9)19-11-14-4-3-7(6-13)15-11/h1-5H. The number of nitriles is 1.